The van der Waals surface area contributed by atoms with Crippen molar-refractivity contribution in [1.29, 1.82) is 0 Å². The van der Waals surface area contributed by atoms with E-state index in [-0.39, 0.29) is 23.1 Å². The fourth-order valence-corrected chi connectivity index (χ4v) is 5.48. The van der Waals surface area contributed by atoms with Crippen LogP contribution in [0.15, 0.2) is 89.8 Å². The number of sulfonamides is 1. The van der Waals surface area contributed by atoms with Crippen molar-refractivity contribution >= 4 is 21.8 Å². The summed E-state index contributed by atoms with van der Waals surface area (Å²) in [6, 6.07) is 25.4. The molecule has 0 radical (unpaired) electrons. The van der Waals surface area contributed by atoms with E-state index in [2.05, 4.69) is 23.9 Å². The Labute approximate surface area is 239 Å². The fraction of sp³-hybridized carbons (Fsp3) is 0.375. The molecule has 0 heterocycles. The molecule has 1 atom stereocenters. The van der Waals surface area contributed by atoms with Gasteiger partial charge in [0.15, 0.2) is 0 Å². The molecule has 7 nitrogen and oxygen atoms in total. The molecule has 3 aromatic carbocycles. The Morgan fingerprint density at radius 1 is 0.825 bits per heavy atom. The standard InChI is InChI=1S/C32H41N3O4S/c1-4-34-40(38,39)29-18-15-26(16-19-29)17-20-31(36)35(24-28-13-9-6-10-14-28)30(23-27-11-7-5-8-12-27)32(37)33-22-21-25(2)3/h5-16,18-19,25,30,34H,4,17,20-24H2,1-3H3,(H,33,37)/t30-/m0/s1. The van der Waals surface area contributed by atoms with Gasteiger partial charge in [0.2, 0.25) is 21.8 Å². The Morgan fingerprint density at radius 2 is 1.43 bits per heavy atom. The summed E-state index contributed by atoms with van der Waals surface area (Å²) in [5, 5.41) is 3.06. The fourth-order valence-electron chi connectivity index (χ4n) is 4.44. The lowest BCUT2D eigenvalue weighted by atomic mass is 10.0. The molecule has 3 rings (SSSR count). The first-order chi connectivity index (χ1) is 19.2. The van der Waals surface area contributed by atoms with E-state index in [9.17, 15) is 18.0 Å². The number of rotatable bonds is 15. The number of carbonyl (C=O) groups excluding carboxylic acids is 2. The predicted octanol–water partition coefficient (Wildman–Crippen LogP) is 4.72. The van der Waals surface area contributed by atoms with Crippen molar-refractivity contribution < 1.29 is 18.0 Å². The number of carbonyl (C=O) groups is 2. The van der Waals surface area contributed by atoms with E-state index in [4.69, 9.17) is 0 Å². The van der Waals surface area contributed by atoms with Gasteiger partial charge in [-0.25, -0.2) is 13.1 Å². The van der Waals surface area contributed by atoms with Crippen molar-refractivity contribution in [3.05, 3.63) is 102 Å². The second-order valence-corrected chi connectivity index (χ2v) is 12.1. The molecule has 0 unspecified atom stereocenters. The van der Waals surface area contributed by atoms with Crippen molar-refractivity contribution in [3.8, 4) is 0 Å². The van der Waals surface area contributed by atoms with Gasteiger partial charge in [-0.1, -0.05) is 93.6 Å². The highest BCUT2D eigenvalue weighted by atomic mass is 32.2. The van der Waals surface area contributed by atoms with Crippen molar-refractivity contribution in [2.45, 2.75) is 63.9 Å². The Bertz CT molecular complexity index is 1310. The molecule has 0 saturated carbocycles. The largest absolute Gasteiger partial charge is 0.354 e. The van der Waals surface area contributed by atoms with Crippen molar-refractivity contribution in [1.82, 2.24) is 14.9 Å². The number of hydrogen-bond acceptors (Lipinski definition) is 4. The maximum Gasteiger partial charge on any atom is 0.243 e. The minimum absolute atomic E-state index is 0.131. The van der Waals surface area contributed by atoms with Gasteiger partial charge in [-0.15, -0.1) is 0 Å². The van der Waals surface area contributed by atoms with Gasteiger partial charge in [0.1, 0.15) is 6.04 Å². The van der Waals surface area contributed by atoms with Gasteiger partial charge in [0.05, 0.1) is 4.90 Å². The van der Waals surface area contributed by atoms with Gasteiger partial charge >= 0.3 is 0 Å². The molecule has 8 heteroatoms. The van der Waals surface area contributed by atoms with Crippen LogP contribution in [-0.4, -0.2) is 44.3 Å². The number of aryl methyl sites for hydroxylation is 1. The first-order valence-electron chi connectivity index (χ1n) is 13.9. The highest BCUT2D eigenvalue weighted by Gasteiger charge is 2.30. The lowest BCUT2D eigenvalue weighted by molar-refractivity contribution is -0.141. The Balaban J connectivity index is 1.83. The molecule has 2 N–H and O–H groups in total. The molecule has 0 spiro atoms. The van der Waals surface area contributed by atoms with E-state index in [0.29, 0.717) is 38.4 Å². The molecule has 214 valence electrons. The van der Waals surface area contributed by atoms with Crippen LogP contribution in [0.4, 0.5) is 0 Å². The number of benzene rings is 3. The maximum atomic E-state index is 13.8. The van der Waals surface area contributed by atoms with E-state index in [0.717, 1.165) is 23.1 Å². The van der Waals surface area contributed by atoms with Crippen LogP contribution in [-0.2, 0) is 39.0 Å². The molecule has 0 aliphatic carbocycles. The zero-order chi connectivity index (χ0) is 29.0. The third kappa shape index (κ3) is 9.61. The minimum atomic E-state index is -3.54. The quantitative estimate of drug-likeness (QED) is 0.280. The molecule has 2 amide bonds. The lowest BCUT2D eigenvalue weighted by Crippen LogP contribution is -2.50. The highest BCUT2D eigenvalue weighted by Crippen LogP contribution is 2.18. The average Bonchev–Trinajstić information content (AvgIpc) is 2.94. The van der Waals surface area contributed by atoms with Gasteiger partial charge < -0.3 is 10.2 Å². The Morgan fingerprint density at radius 3 is 2.00 bits per heavy atom. The average molecular weight is 564 g/mol. The Hall–Kier alpha value is -3.49. The summed E-state index contributed by atoms with van der Waals surface area (Å²) < 4.78 is 27.0. The zero-order valence-electron chi connectivity index (χ0n) is 23.7. The van der Waals surface area contributed by atoms with Crippen LogP contribution in [0.3, 0.4) is 0 Å². The van der Waals surface area contributed by atoms with Crippen LogP contribution in [0.25, 0.3) is 0 Å². The van der Waals surface area contributed by atoms with Crippen LogP contribution in [0.5, 0.6) is 0 Å². The molecule has 3 aromatic rings. The maximum absolute atomic E-state index is 13.8. The number of nitrogens with one attached hydrogen (secondary N) is 2. The molecule has 0 fully saturated rings. The van der Waals surface area contributed by atoms with Crippen molar-refractivity contribution in [2.24, 2.45) is 5.92 Å². The van der Waals surface area contributed by atoms with E-state index in [1.165, 1.54) is 0 Å². The number of hydrogen-bond donors (Lipinski definition) is 2. The SMILES string of the molecule is CCNS(=O)(=O)c1ccc(CCC(=O)N(Cc2ccccc2)[C@@H](Cc2ccccc2)C(=O)NCCC(C)C)cc1. The van der Waals surface area contributed by atoms with Crippen LogP contribution < -0.4 is 10.0 Å². The molecule has 0 bridgehead atoms. The molecule has 40 heavy (non-hydrogen) atoms. The highest BCUT2D eigenvalue weighted by molar-refractivity contribution is 7.89. The van der Waals surface area contributed by atoms with E-state index >= 15 is 0 Å². The summed E-state index contributed by atoms with van der Waals surface area (Å²) >= 11 is 0. The van der Waals surface area contributed by atoms with Crippen molar-refractivity contribution in [3.63, 3.8) is 0 Å². The minimum Gasteiger partial charge on any atom is -0.354 e. The monoisotopic (exact) mass is 563 g/mol. The van der Waals surface area contributed by atoms with Crippen LogP contribution >= 0.6 is 0 Å². The lowest BCUT2D eigenvalue weighted by Gasteiger charge is -2.32. The van der Waals surface area contributed by atoms with Gasteiger partial charge in [0.25, 0.3) is 0 Å². The molecular weight excluding hydrogens is 522 g/mol. The summed E-state index contributed by atoms with van der Waals surface area (Å²) in [5.41, 5.74) is 2.78. The molecule has 0 aromatic heterocycles. The molecule has 0 saturated heterocycles. The molecular formula is C32H41N3O4S. The Kier molecular flexibility index (Phi) is 11.9. The second kappa shape index (κ2) is 15.3. The summed E-state index contributed by atoms with van der Waals surface area (Å²) in [6.45, 7) is 7.13. The normalized spacial score (nSPS) is 12.2. The summed E-state index contributed by atoms with van der Waals surface area (Å²) in [6.07, 6.45) is 1.88. The van der Waals surface area contributed by atoms with Gasteiger partial charge in [-0.05, 0) is 47.6 Å². The van der Waals surface area contributed by atoms with E-state index in [1.54, 1.807) is 36.1 Å². The van der Waals surface area contributed by atoms with E-state index in [1.807, 2.05) is 60.7 Å². The summed E-state index contributed by atoms with van der Waals surface area (Å²) in [7, 11) is -3.54. The molecule has 0 aliphatic heterocycles. The topological polar surface area (TPSA) is 95.6 Å². The van der Waals surface area contributed by atoms with Crippen LogP contribution in [0, 0.1) is 5.92 Å². The predicted molar refractivity (Wildman–Crippen MR) is 159 cm³/mol. The van der Waals surface area contributed by atoms with E-state index < -0.39 is 16.1 Å². The number of amides is 2. The third-order valence-corrected chi connectivity index (χ3v) is 8.24. The van der Waals surface area contributed by atoms with Gasteiger partial charge in [0, 0.05) is 32.5 Å². The molecule has 0 aliphatic rings. The summed E-state index contributed by atoms with van der Waals surface area (Å²) in [5.74, 6) is 0.161. The van der Waals surface area contributed by atoms with Crippen LogP contribution in [0.2, 0.25) is 0 Å². The second-order valence-electron chi connectivity index (χ2n) is 10.3. The zero-order valence-corrected chi connectivity index (χ0v) is 24.5. The van der Waals surface area contributed by atoms with Gasteiger partial charge in [-0.3, -0.25) is 9.59 Å². The number of nitrogens with zero attached hydrogens (tertiary/aromatic N) is 1. The van der Waals surface area contributed by atoms with Crippen LogP contribution in [0.1, 0.15) is 50.3 Å². The first-order valence-corrected chi connectivity index (χ1v) is 15.4. The third-order valence-electron chi connectivity index (χ3n) is 6.68. The van der Waals surface area contributed by atoms with Crippen molar-refractivity contribution in [2.75, 3.05) is 13.1 Å². The smallest absolute Gasteiger partial charge is 0.243 e. The van der Waals surface area contributed by atoms with Gasteiger partial charge in [-0.2, -0.15) is 0 Å². The summed E-state index contributed by atoms with van der Waals surface area (Å²) in [4.78, 5) is 29.2. The first kappa shape index (κ1) is 31.0.